The minimum Gasteiger partial charge on any atom is -0.366 e. The largest absolute Gasteiger partial charge is 0.366 e. The van der Waals surface area contributed by atoms with Crippen LogP contribution in [0.25, 0.3) is 0 Å². The van der Waals surface area contributed by atoms with E-state index in [4.69, 9.17) is 4.74 Å². The van der Waals surface area contributed by atoms with Crippen molar-refractivity contribution in [3.8, 4) is 0 Å². The Hall–Kier alpha value is -1.73. The normalized spacial score (nSPS) is 23.2. The molecular weight excluding hydrogens is 311 g/mol. The SMILES string of the molecule is CCN1CCOC(C(=O)N2CCCN(c3ncccc3F)CC2)C1. The van der Waals surface area contributed by atoms with Gasteiger partial charge in [0.2, 0.25) is 0 Å². The first kappa shape index (κ1) is 17.1. The summed E-state index contributed by atoms with van der Waals surface area (Å²) in [6.45, 7) is 7.70. The maximum absolute atomic E-state index is 13.9. The summed E-state index contributed by atoms with van der Waals surface area (Å²) < 4.78 is 19.6. The highest BCUT2D eigenvalue weighted by atomic mass is 19.1. The highest BCUT2D eigenvalue weighted by Crippen LogP contribution is 2.18. The Kier molecular flexibility index (Phi) is 5.63. The van der Waals surface area contributed by atoms with Gasteiger partial charge in [0.25, 0.3) is 5.91 Å². The number of likely N-dealkylation sites (N-methyl/N-ethyl adjacent to an activating group) is 1. The van der Waals surface area contributed by atoms with E-state index in [0.717, 1.165) is 19.5 Å². The number of carbonyl (C=O) groups is 1. The average Bonchev–Trinajstić information content (AvgIpc) is 2.87. The van der Waals surface area contributed by atoms with E-state index < -0.39 is 0 Å². The fourth-order valence-corrected chi connectivity index (χ4v) is 3.30. The molecule has 2 aliphatic rings. The van der Waals surface area contributed by atoms with E-state index in [1.807, 2.05) is 9.80 Å². The second-order valence-electron chi connectivity index (χ2n) is 6.23. The molecule has 2 saturated heterocycles. The highest BCUT2D eigenvalue weighted by molar-refractivity contribution is 5.81. The molecule has 0 spiro atoms. The van der Waals surface area contributed by atoms with Crippen molar-refractivity contribution in [3.05, 3.63) is 24.1 Å². The summed E-state index contributed by atoms with van der Waals surface area (Å²) in [5.41, 5.74) is 0. The number of pyridine rings is 1. The number of anilines is 1. The summed E-state index contributed by atoms with van der Waals surface area (Å²) in [6, 6.07) is 3.01. The molecule has 1 aromatic heterocycles. The van der Waals surface area contributed by atoms with E-state index in [0.29, 0.717) is 45.1 Å². The predicted octanol–water partition coefficient (Wildman–Crippen LogP) is 0.980. The molecule has 6 nitrogen and oxygen atoms in total. The van der Waals surface area contributed by atoms with Crippen LogP contribution in [0.4, 0.5) is 10.2 Å². The number of aromatic nitrogens is 1. The number of morpholine rings is 1. The quantitative estimate of drug-likeness (QED) is 0.824. The molecule has 0 bridgehead atoms. The van der Waals surface area contributed by atoms with Crippen LogP contribution in [0.5, 0.6) is 0 Å². The zero-order valence-electron chi connectivity index (χ0n) is 14.2. The second kappa shape index (κ2) is 7.90. The van der Waals surface area contributed by atoms with Gasteiger partial charge >= 0.3 is 0 Å². The zero-order chi connectivity index (χ0) is 16.9. The van der Waals surface area contributed by atoms with Gasteiger partial charge in [0, 0.05) is 45.5 Å². The van der Waals surface area contributed by atoms with Gasteiger partial charge < -0.3 is 14.5 Å². The molecule has 2 fully saturated rings. The van der Waals surface area contributed by atoms with Crippen molar-refractivity contribution in [3.63, 3.8) is 0 Å². The Labute approximate surface area is 142 Å². The molecule has 3 heterocycles. The Balaban J connectivity index is 1.61. The molecule has 1 unspecified atom stereocenters. The summed E-state index contributed by atoms with van der Waals surface area (Å²) in [6.07, 6.45) is 2.02. The van der Waals surface area contributed by atoms with Crippen molar-refractivity contribution in [1.82, 2.24) is 14.8 Å². The summed E-state index contributed by atoms with van der Waals surface area (Å²) >= 11 is 0. The number of ether oxygens (including phenoxy) is 1. The lowest BCUT2D eigenvalue weighted by Gasteiger charge is -2.34. The standard InChI is InChI=1S/C17H25FN4O2/c1-2-20-11-12-24-15(13-20)17(23)22-8-4-7-21(9-10-22)16-14(18)5-3-6-19-16/h3,5-6,15H,2,4,7-13H2,1H3. The van der Waals surface area contributed by atoms with Gasteiger partial charge in [-0.25, -0.2) is 9.37 Å². The van der Waals surface area contributed by atoms with Crippen LogP contribution in [0.15, 0.2) is 18.3 Å². The van der Waals surface area contributed by atoms with Crippen molar-refractivity contribution in [2.45, 2.75) is 19.4 Å². The molecule has 132 valence electrons. The molecule has 0 N–H and O–H groups in total. The van der Waals surface area contributed by atoms with Crippen LogP contribution >= 0.6 is 0 Å². The predicted molar refractivity (Wildman–Crippen MR) is 89.5 cm³/mol. The monoisotopic (exact) mass is 336 g/mol. The van der Waals surface area contributed by atoms with Crippen LogP contribution in [0.3, 0.4) is 0 Å². The lowest BCUT2D eigenvalue weighted by atomic mass is 10.2. The molecule has 0 radical (unpaired) electrons. The van der Waals surface area contributed by atoms with E-state index >= 15 is 0 Å². The lowest BCUT2D eigenvalue weighted by Crippen LogP contribution is -2.51. The van der Waals surface area contributed by atoms with Crippen LogP contribution in [0, 0.1) is 5.82 Å². The smallest absolute Gasteiger partial charge is 0.253 e. The number of carbonyl (C=O) groups excluding carboxylic acids is 1. The van der Waals surface area contributed by atoms with Crippen LogP contribution < -0.4 is 4.90 Å². The van der Waals surface area contributed by atoms with E-state index in [-0.39, 0.29) is 17.8 Å². The van der Waals surface area contributed by atoms with E-state index in [1.165, 1.54) is 6.07 Å². The Bertz CT molecular complexity index is 571. The number of halogens is 1. The Morgan fingerprint density at radius 3 is 3.00 bits per heavy atom. The van der Waals surface area contributed by atoms with E-state index in [1.54, 1.807) is 12.3 Å². The fourth-order valence-electron chi connectivity index (χ4n) is 3.30. The van der Waals surface area contributed by atoms with Gasteiger partial charge in [-0.2, -0.15) is 0 Å². The molecule has 0 aromatic carbocycles. The number of amides is 1. The van der Waals surface area contributed by atoms with Crippen LogP contribution in [0.1, 0.15) is 13.3 Å². The summed E-state index contributed by atoms with van der Waals surface area (Å²) in [5.74, 6) is 0.112. The second-order valence-corrected chi connectivity index (χ2v) is 6.23. The van der Waals surface area contributed by atoms with Gasteiger partial charge in [-0.1, -0.05) is 6.92 Å². The minimum absolute atomic E-state index is 0.0523. The molecule has 24 heavy (non-hydrogen) atoms. The van der Waals surface area contributed by atoms with Crippen LogP contribution in [0.2, 0.25) is 0 Å². The molecule has 7 heteroatoms. The number of nitrogens with zero attached hydrogens (tertiary/aromatic N) is 4. The molecule has 1 amide bonds. The molecule has 3 rings (SSSR count). The first-order valence-electron chi connectivity index (χ1n) is 8.67. The van der Waals surface area contributed by atoms with Gasteiger partial charge in [-0.3, -0.25) is 9.69 Å². The molecular formula is C17H25FN4O2. The zero-order valence-corrected chi connectivity index (χ0v) is 14.2. The maximum atomic E-state index is 13.9. The van der Waals surface area contributed by atoms with Gasteiger partial charge in [-0.15, -0.1) is 0 Å². The minimum atomic E-state index is -0.378. The first-order valence-corrected chi connectivity index (χ1v) is 8.67. The molecule has 1 aromatic rings. The molecule has 2 aliphatic heterocycles. The third-order valence-corrected chi connectivity index (χ3v) is 4.72. The van der Waals surface area contributed by atoms with Crippen LogP contribution in [-0.2, 0) is 9.53 Å². The summed E-state index contributed by atoms with van der Waals surface area (Å²) in [7, 11) is 0. The van der Waals surface area contributed by atoms with Gasteiger partial charge in [0.1, 0.15) is 6.10 Å². The van der Waals surface area contributed by atoms with Gasteiger partial charge in [-0.05, 0) is 25.1 Å². The third kappa shape index (κ3) is 3.84. The topological polar surface area (TPSA) is 48.9 Å². The van der Waals surface area contributed by atoms with Crippen LogP contribution in [-0.4, -0.2) is 79.2 Å². The van der Waals surface area contributed by atoms with Crippen molar-refractivity contribution in [2.24, 2.45) is 0 Å². The summed E-state index contributed by atoms with van der Waals surface area (Å²) in [5, 5.41) is 0. The highest BCUT2D eigenvalue weighted by Gasteiger charge is 2.31. The first-order chi connectivity index (χ1) is 11.7. The summed E-state index contributed by atoms with van der Waals surface area (Å²) in [4.78, 5) is 22.9. The Morgan fingerprint density at radius 2 is 2.21 bits per heavy atom. The lowest BCUT2D eigenvalue weighted by molar-refractivity contribution is -0.149. The van der Waals surface area contributed by atoms with Gasteiger partial charge in [0.15, 0.2) is 11.6 Å². The van der Waals surface area contributed by atoms with E-state index in [9.17, 15) is 9.18 Å². The number of hydrogen-bond acceptors (Lipinski definition) is 5. The van der Waals surface area contributed by atoms with Gasteiger partial charge in [0.05, 0.1) is 6.61 Å². The van der Waals surface area contributed by atoms with E-state index in [2.05, 4.69) is 16.8 Å². The maximum Gasteiger partial charge on any atom is 0.253 e. The molecule has 0 aliphatic carbocycles. The Morgan fingerprint density at radius 1 is 1.33 bits per heavy atom. The number of rotatable bonds is 3. The molecule has 1 atom stereocenters. The average molecular weight is 336 g/mol. The van der Waals surface area contributed by atoms with Crippen molar-refractivity contribution in [2.75, 3.05) is 57.3 Å². The number of hydrogen-bond donors (Lipinski definition) is 0. The third-order valence-electron chi connectivity index (χ3n) is 4.72. The molecule has 0 saturated carbocycles. The van der Waals surface area contributed by atoms with Crippen molar-refractivity contribution in [1.29, 1.82) is 0 Å². The van der Waals surface area contributed by atoms with Crippen molar-refractivity contribution >= 4 is 11.7 Å². The van der Waals surface area contributed by atoms with Crippen molar-refractivity contribution < 1.29 is 13.9 Å². The fraction of sp³-hybridized carbons (Fsp3) is 0.647.